The van der Waals surface area contributed by atoms with Crippen molar-refractivity contribution in [2.75, 3.05) is 0 Å². The topological polar surface area (TPSA) is 35.5 Å². The van der Waals surface area contributed by atoms with E-state index in [1.807, 2.05) is 18.2 Å². The molecule has 1 heterocycles. The molecule has 2 aliphatic rings. The van der Waals surface area contributed by atoms with Crippen LogP contribution in [0, 0.1) is 6.92 Å². The Morgan fingerprint density at radius 1 is 0.857 bits per heavy atom. The van der Waals surface area contributed by atoms with Crippen molar-refractivity contribution < 1.29 is 14.0 Å². The lowest BCUT2D eigenvalue weighted by Gasteiger charge is -2.37. The Bertz CT molecular complexity index is 1390. The summed E-state index contributed by atoms with van der Waals surface area (Å²) in [5.41, 5.74) is 8.55. The van der Waals surface area contributed by atoms with Crippen LogP contribution in [-0.4, -0.2) is 22.2 Å². The summed E-state index contributed by atoms with van der Waals surface area (Å²) in [6, 6.07) is 14.5. The SMILES string of the molecule is Cc1cc(O[Si](C)(C)C(C)(C)C)cc2c1-c1cc3c(c([Si](C)(C)C)c1CO2)C(=O)c1ccccc1-3. The largest absolute Gasteiger partial charge is 0.543 e. The second-order valence-corrected chi connectivity index (χ2v) is 22.3. The summed E-state index contributed by atoms with van der Waals surface area (Å²) >= 11 is 0. The first-order valence-electron chi connectivity index (χ1n) is 12.5. The van der Waals surface area contributed by atoms with Gasteiger partial charge in [0.2, 0.25) is 8.32 Å². The Balaban J connectivity index is 1.73. The van der Waals surface area contributed by atoms with E-state index in [1.165, 1.54) is 16.3 Å². The van der Waals surface area contributed by atoms with Gasteiger partial charge in [-0.1, -0.05) is 64.7 Å². The van der Waals surface area contributed by atoms with Gasteiger partial charge in [0.1, 0.15) is 18.1 Å². The maximum atomic E-state index is 13.6. The lowest BCUT2D eigenvalue weighted by molar-refractivity contribution is 0.104. The van der Waals surface area contributed by atoms with Crippen LogP contribution in [-0.2, 0) is 6.61 Å². The number of aryl methyl sites for hydroxylation is 1. The quantitative estimate of drug-likeness (QED) is 0.270. The average molecular weight is 501 g/mol. The number of hydrogen-bond donors (Lipinski definition) is 0. The van der Waals surface area contributed by atoms with Gasteiger partial charge in [0.05, 0.1) is 8.07 Å². The standard InChI is InChI=1S/C30H36O3Si2/c1-18-14-19(33-35(8,9)30(2,3)4)15-25-26(18)23-16-22-20-12-10-11-13-21(20)28(31)27(22)29(34(5,6)7)24(23)17-32-25/h10-16H,17H2,1-9H3. The third kappa shape index (κ3) is 3.71. The molecule has 0 amide bonds. The van der Waals surface area contributed by atoms with E-state index in [4.69, 9.17) is 9.16 Å². The molecule has 0 atom stereocenters. The molecule has 0 saturated heterocycles. The van der Waals surface area contributed by atoms with Gasteiger partial charge in [-0.25, -0.2) is 0 Å². The van der Waals surface area contributed by atoms with Gasteiger partial charge in [-0.3, -0.25) is 4.79 Å². The number of hydrogen-bond acceptors (Lipinski definition) is 3. The van der Waals surface area contributed by atoms with Gasteiger partial charge in [0.15, 0.2) is 5.78 Å². The van der Waals surface area contributed by atoms with Crippen LogP contribution in [0.5, 0.6) is 11.5 Å². The Morgan fingerprint density at radius 2 is 1.51 bits per heavy atom. The zero-order valence-electron chi connectivity index (χ0n) is 22.5. The van der Waals surface area contributed by atoms with E-state index in [1.54, 1.807) is 0 Å². The lowest BCUT2D eigenvalue weighted by Crippen LogP contribution is -2.45. The maximum Gasteiger partial charge on any atom is 0.250 e. The molecule has 0 N–H and O–H groups in total. The van der Waals surface area contributed by atoms with Crippen LogP contribution in [0.15, 0.2) is 42.5 Å². The zero-order valence-corrected chi connectivity index (χ0v) is 24.5. The molecule has 5 heteroatoms. The average Bonchev–Trinajstić information content (AvgIpc) is 3.02. The van der Waals surface area contributed by atoms with Crippen LogP contribution in [0.4, 0.5) is 0 Å². The predicted molar refractivity (Wildman–Crippen MR) is 151 cm³/mol. The second kappa shape index (κ2) is 7.68. The molecule has 0 radical (unpaired) electrons. The van der Waals surface area contributed by atoms with E-state index in [-0.39, 0.29) is 10.8 Å². The third-order valence-electron chi connectivity index (χ3n) is 7.97. The molecule has 0 unspecified atom stereocenters. The van der Waals surface area contributed by atoms with Gasteiger partial charge in [0.25, 0.3) is 0 Å². The summed E-state index contributed by atoms with van der Waals surface area (Å²) in [5.74, 6) is 1.94. The number of rotatable bonds is 3. The fourth-order valence-corrected chi connectivity index (χ4v) is 8.39. The molecule has 0 fully saturated rings. The van der Waals surface area contributed by atoms with E-state index in [2.05, 4.69) is 84.7 Å². The lowest BCUT2D eigenvalue weighted by atomic mass is 9.89. The van der Waals surface area contributed by atoms with Gasteiger partial charge in [-0.15, -0.1) is 0 Å². The maximum absolute atomic E-state index is 13.6. The number of fused-ring (bicyclic) bond motifs is 6. The Morgan fingerprint density at radius 3 is 2.14 bits per heavy atom. The summed E-state index contributed by atoms with van der Waals surface area (Å²) in [6.45, 7) is 21.0. The van der Waals surface area contributed by atoms with Crippen molar-refractivity contribution in [1.82, 2.24) is 0 Å². The molecular formula is C30H36O3Si2. The molecule has 0 saturated carbocycles. The van der Waals surface area contributed by atoms with E-state index < -0.39 is 16.4 Å². The van der Waals surface area contributed by atoms with Crippen molar-refractivity contribution in [3.63, 3.8) is 0 Å². The van der Waals surface area contributed by atoms with Crippen LogP contribution >= 0.6 is 0 Å². The number of ketones is 1. The van der Waals surface area contributed by atoms with Crippen molar-refractivity contribution in [1.29, 1.82) is 0 Å². The highest BCUT2D eigenvalue weighted by Gasteiger charge is 2.40. The molecule has 35 heavy (non-hydrogen) atoms. The van der Waals surface area contributed by atoms with Crippen molar-refractivity contribution in [3.05, 3.63) is 64.7 Å². The fraction of sp³-hybridized carbons (Fsp3) is 0.367. The number of benzene rings is 3. The van der Waals surface area contributed by atoms with Gasteiger partial charge in [0, 0.05) is 22.8 Å². The van der Waals surface area contributed by atoms with Crippen molar-refractivity contribution in [2.24, 2.45) is 0 Å². The van der Waals surface area contributed by atoms with Crippen LogP contribution < -0.4 is 14.3 Å². The first-order valence-corrected chi connectivity index (χ1v) is 18.9. The fourth-order valence-electron chi connectivity index (χ4n) is 5.26. The molecule has 5 rings (SSSR count). The van der Waals surface area contributed by atoms with Crippen molar-refractivity contribution in [2.45, 2.75) is 72.1 Å². The minimum absolute atomic E-state index is 0.122. The van der Waals surface area contributed by atoms with Crippen LogP contribution in [0.3, 0.4) is 0 Å². The third-order valence-corrected chi connectivity index (χ3v) is 14.4. The van der Waals surface area contributed by atoms with Gasteiger partial charge >= 0.3 is 0 Å². The molecular weight excluding hydrogens is 464 g/mol. The normalized spacial score (nSPS) is 14.6. The Kier molecular flexibility index (Phi) is 5.28. The Labute approximate surface area is 211 Å². The summed E-state index contributed by atoms with van der Waals surface area (Å²) in [5, 5.41) is 1.37. The first kappa shape index (κ1) is 24.1. The van der Waals surface area contributed by atoms with Crippen molar-refractivity contribution >= 4 is 27.4 Å². The molecule has 3 nitrogen and oxygen atoms in total. The summed E-state index contributed by atoms with van der Waals surface area (Å²) in [4.78, 5) is 13.6. The molecule has 1 aliphatic heterocycles. The van der Waals surface area contributed by atoms with Gasteiger partial charge in [-0.2, -0.15) is 0 Å². The highest BCUT2D eigenvalue weighted by atomic mass is 28.4. The molecule has 182 valence electrons. The molecule has 3 aromatic carbocycles. The molecule has 0 bridgehead atoms. The van der Waals surface area contributed by atoms with Crippen LogP contribution in [0.2, 0.25) is 37.8 Å². The van der Waals surface area contributed by atoms with E-state index in [0.717, 1.165) is 44.9 Å². The summed E-state index contributed by atoms with van der Waals surface area (Å²) < 4.78 is 13.1. The summed E-state index contributed by atoms with van der Waals surface area (Å²) in [6.07, 6.45) is 0. The van der Waals surface area contributed by atoms with E-state index >= 15 is 0 Å². The number of carbonyl (C=O) groups is 1. The zero-order chi connectivity index (χ0) is 25.5. The van der Waals surface area contributed by atoms with Gasteiger partial charge < -0.3 is 9.16 Å². The monoisotopic (exact) mass is 500 g/mol. The number of carbonyl (C=O) groups excluding carboxylic acids is 1. The molecule has 3 aromatic rings. The van der Waals surface area contributed by atoms with Crippen LogP contribution in [0.25, 0.3) is 22.3 Å². The number of ether oxygens (including phenoxy) is 1. The molecule has 1 aliphatic carbocycles. The summed E-state index contributed by atoms with van der Waals surface area (Å²) in [7, 11) is -3.84. The smallest absolute Gasteiger partial charge is 0.250 e. The highest BCUT2D eigenvalue weighted by molar-refractivity contribution is 6.90. The van der Waals surface area contributed by atoms with E-state index in [9.17, 15) is 4.79 Å². The van der Waals surface area contributed by atoms with Crippen molar-refractivity contribution in [3.8, 4) is 33.8 Å². The van der Waals surface area contributed by atoms with E-state index in [0.29, 0.717) is 6.61 Å². The van der Waals surface area contributed by atoms with Gasteiger partial charge in [-0.05, 0) is 70.2 Å². The predicted octanol–water partition coefficient (Wildman–Crippen LogP) is 7.70. The van der Waals surface area contributed by atoms with Crippen LogP contribution in [0.1, 0.15) is 47.8 Å². The minimum atomic E-state index is -1.97. The molecule has 0 aromatic heterocycles. The minimum Gasteiger partial charge on any atom is -0.543 e. The second-order valence-electron chi connectivity index (χ2n) is 12.6. The Hall–Kier alpha value is -2.64. The highest BCUT2D eigenvalue weighted by Crippen LogP contribution is 2.48. The first-order chi connectivity index (χ1) is 16.2. The molecule has 0 spiro atoms.